The number of hydrogen-bond acceptors (Lipinski definition) is 5. The smallest absolute Gasteiger partial charge is 0.315 e. The molecule has 1 aromatic heterocycles. The largest absolute Gasteiger partial charge is 0.337 e. The number of carbonyl (C=O) groups is 1. The minimum Gasteiger partial charge on any atom is -0.337 e. The number of halogens is 2. The van der Waals surface area contributed by atoms with Gasteiger partial charge in [-0.1, -0.05) is 55.4 Å². The zero-order chi connectivity index (χ0) is 20.8. The fraction of sp³-hybridized carbons (Fsp3) is 0.286. The number of amides is 2. The molecule has 7 nitrogen and oxygen atoms in total. The van der Waals surface area contributed by atoms with E-state index in [1.54, 1.807) is 12.1 Å². The molecule has 9 heteroatoms. The van der Waals surface area contributed by atoms with Crippen LogP contribution in [0.1, 0.15) is 36.9 Å². The second kappa shape index (κ2) is 10.7. The van der Waals surface area contributed by atoms with Crippen LogP contribution in [0.5, 0.6) is 0 Å². The second-order valence-corrected chi connectivity index (χ2v) is 7.03. The molecule has 0 aliphatic carbocycles. The zero-order valence-corrected chi connectivity index (χ0v) is 17.6. The number of nitrogens with zero attached hydrogens (tertiary/aromatic N) is 2. The van der Waals surface area contributed by atoms with Crippen molar-refractivity contribution in [2.45, 2.75) is 33.0 Å². The number of rotatable bonds is 7. The summed E-state index contributed by atoms with van der Waals surface area (Å²) >= 11 is 0. The lowest BCUT2D eigenvalue weighted by Gasteiger charge is -2.18. The number of benzene rings is 2. The van der Waals surface area contributed by atoms with Gasteiger partial charge in [0.15, 0.2) is 0 Å². The normalized spacial score (nSPS) is 11.6. The van der Waals surface area contributed by atoms with Crippen LogP contribution >= 0.6 is 12.4 Å². The third-order valence-corrected chi connectivity index (χ3v) is 4.48. The topological polar surface area (TPSA) is 106 Å². The molecular weight excluding hydrogens is 409 g/mol. The van der Waals surface area contributed by atoms with Crippen molar-refractivity contribution in [3.8, 4) is 11.4 Å². The van der Waals surface area contributed by atoms with Crippen molar-refractivity contribution in [2.75, 3.05) is 0 Å². The second-order valence-electron chi connectivity index (χ2n) is 7.03. The summed E-state index contributed by atoms with van der Waals surface area (Å²) < 4.78 is 18.4. The maximum Gasteiger partial charge on any atom is 0.315 e. The van der Waals surface area contributed by atoms with E-state index in [0.717, 1.165) is 16.7 Å². The van der Waals surface area contributed by atoms with E-state index < -0.39 is 6.04 Å². The Bertz CT molecular complexity index is 945. The maximum atomic E-state index is 13.0. The Kier molecular flexibility index (Phi) is 8.32. The SMILES string of the molecule is CC(C)C(NC(=O)NCc1ccc(F)cc1)c1nc(-c2ccc(CN)cc2)no1.Cl. The predicted molar refractivity (Wildman–Crippen MR) is 114 cm³/mol. The van der Waals surface area contributed by atoms with Crippen LogP contribution in [-0.2, 0) is 13.1 Å². The van der Waals surface area contributed by atoms with Gasteiger partial charge in [0.25, 0.3) is 0 Å². The van der Waals surface area contributed by atoms with Crippen molar-refractivity contribution in [3.05, 3.63) is 71.4 Å². The Balaban J connectivity index is 0.00000320. The molecule has 3 rings (SSSR count). The van der Waals surface area contributed by atoms with Crippen LogP contribution in [-0.4, -0.2) is 16.2 Å². The Labute approximate surface area is 180 Å². The molecular formula is C21H25ClFN5O2. The van der Waals surface area contributed by atoms with E-state index in [4.69, 9.17) is 10.3 Å². The van der Waals surface area contributed by atoms with Crippen LogP contribution in [0.25, 0.3) is 11.4 Å². The standard InChI is InChI=1S/C21H24FN5O2.ClH/c1-13(2)18(25-21(28)24-12-15-5-9-17(22)10-6-15)20-26-19(27-29-20)16-7-3-14(11-23)4-8-16;/h3-10,13,18H,11-12,23H2,1-2H3,(H2,24,25,28);1H. The van der Waals surface area contributed by atoms with E-state index in [1.165, 1.54) is 12.1 Å². The van der Waals surface area contributed by atoms with Crippen molar-refractivity contribution in [1.82, 2.24) is 20.8 Å². The fourth-order valence-corrected chi connectivity index (χ4v) is 2.76. The van der Waals surface area contributed by atoms with Crippen molar-refractivity contribution in [2.24, 2.45) is 11.7 Å². The van der Waals surface area contributed by atoms with Crippen LogP contribution in [0.4, 0.5) is 9.18 Å². The van der Waals surface area contributed by atoms with Gasteiger partial charge in [-0.3, -0.25) is 0 Å². The molecule has 0 aliphatic heterocycles. The molecule has 2 amide bonds. The molecule has 160 valence electrons. The lowest BCUT2D eigenvalue weighted by molar-refractivity contribution is 0.224. The Morgan fingerprint density at radius 1 is 1.10 bits per heavy atom. The van der Waals surface area contributed by atoms with Crippen LogP contribution < -0.4 is 16.4 Å². The monoisotopic (exact) mass is 433 g/mol. The lowest BCUT2D eigenvalue weighted by atomic mass is 10.0. The highest BCUT2D eigenvalue weighted by Crippen LogP contribution is 2.23. The molecule has 0 bridgehead atoms. The Morgan fingerprint density at radius 3 is 2.33 bits per heavy atom. The third kappa shape index (κ3) is 6.01. The van der Waals surface area contributed by atoms with Gasteiger partial charge in [-0.05, 0) is 29.2 Å². The van der Waals surface area contributed by atoms with E-state index in [9.17, 15) is 9.18 Å². The van der Waals surface area contributed by atoms with Gasteiger partial charge in [-0.25, -0.2) is 9.18 Å². The van der Waals surface area contributed by atoms with Crippen LogP contribution in [0.15, 0.2) is 53.1 Å². The summed E-state index contributed by atoms with van der Waals surface area (Å²) in [5, 5.41) is 9.64. The molecule has 3 aromatic rings. The highest BCUT2D eigenvalue weighted by atomic mass is 35.5. The highest BCUT2D eigenvalue weighted by Gasteiger charge is 2.24. The first kappa shape index (κ1) is 23.3. The van der Waals surface area contributed by atoms with E-state index in [-0.39, 0.29) is 36.7 Å². The van der Waals surface area contributed by atoms with Gasteiger partial charge in [0.05, 0.1) is 0 Å². The minimum absolute atomic E-state index is 0. The summed E-state index contributed by atoms with van der Waals surface area (Å²) in [5.74, 6) is 0.486. The first-order valence-corrected chi connectivity index (χ1v) is 9.38. The summed E-state index contributed by atoms with van der Waals surface area (Å²) in [6, 6.07) is 12.7. The molecule has 1 heterocycles. The fourth-order valence-electron chi connectivity index (χ4n) is 2.76. The number of aromatic nitrogens is 2. The van der Waals surface area contributed by atoms with E-state index in [0.29, 0.717) is 18.3 Å². The Hall–Kier alpha value is -2.97. The van der Waals surface area contributed by atoms with Crippen LogP contribution in [0, 0.1) is 11.7 Å². The number of nitrogens with one attached hydrogen (secondary N) is 2. The predicted octanol–water partition coefficient (Wildman–Crippen LogP) is 3.95. The summed E-state index contributed by atoms with van der Waals surface area (Å²) in [6.45, 7) is 4.64. The van der Waals surface area contributed by atoms with Crippen LogP contribution in [0.2, 0.25) is 0 Å². The average Bonchev–Trinajstić information content (AvgIpc) is 3.21. The molecule has 0 fully saturated rings. The average molecular weight is 434 g/mol. The van der Waals surface area contributed by atoms with Crippen LogP contribution in [0.3, 0.4) is 0 Å². The number of nitrogens with two attached hydrogens (primary N) is 1. The lowest BCUT2D eigenvalue weighted by Crippen LogP contribution is -2.39. The molecule has 2 aromatic carbocycles. The third-order valence-electron chi connectivity index (χ3n) is 4.48. The van der Waals surface area contributed by atoms with Crippen molar-refractivity contribution < 1.29 is 13.7 Å². The van der Waals surface area contributed by atoms with Gasteiger partial charge in [-0.15, -0.1) is 12.4 Å². The van der Waals surface area contributed by atoms with Gasteiger partial charge in [0, 0.05) is 18.7 Å². The first-order chi connectivity index (χ1) is 14.0. The Morgan fingerprint density at radius 2 is 1.73 bits per heavy atom. The van der Waals surface area contributed by atoms with E-state index >= 15 is 0 Å². The maximum absolute atomic E-state index is 13.0. The summed E-state index contributed by atoms with van der Waals surface area (Å²) in [7, 11) is 0. The summed E-state index contributed by atoms with van der Waals surface area (Å²) in [4.78, 5) is 16.8. The minimum atomic E-state index is -0.451. The van der Waals surface area contributed by atoms with Gasteiger partial charge >= 0.3 is 6.03 Å². The summed E-state index contributed by atoms with van der Waals surface area (Å²) in [5.41, 5.74) is 8.23. The van der Waals surface area contributed by atoms with Crippen molar-refractivity contribution in [3.63, 3.8) is 0 Å². The number of hydrogen-bond donors (Lipinski definition) is 3. The molecule has 0 radical (unpaired) electrons. The first-order valence-electron chi connectivity index (χ1n) is 9.38. The molecule has 0 spiro atoms. The number of carbonyl (C=O) groups excluding carboxylic acids is 1. The molecule has 0 saturated carbocycles. The van der Waals surface area contributed by atoms with Gasteiger partial charge in [-0.2, -0.15) is 4.98 Å². The summed E-state index contributed by atoms with van der Waals surface area (Å²) in [6.07, 6.45) is 0. The van der Waals surface area contributed by atoms with Crippen molar-refractivity contribution >= 4 is 18.4 Å². The molecule has 0 saturated heterocycles. The molecule has 4 N–H and O–H groups in total. The molecule has 0 aliphatic rings. The highest BCUT2D eigenvalue weighted by molar-refractivity contribution is 5.85. The van der Waals surface area contributed by atoms with Gasteiger partial charge < -0.3 is 20.9 Å². The molecule has 30 heavy (non-hydrogen) atoms. The van der Waals surface area contributed by atoms with Gasteiger partial charge in [0.1, 0.15) is 11.9 Å². The molecule has 1 atom stereocenters. The zero-order valence-electron chi connectivity index (χ0n) is 16.8. The van der Waals surface area contributed by atoms with Gasteiger partial charge in [0.2, 0.25) is 11.7 Å². The van der Waals surface area contributed by atoms with E-state index in [2.05, 4.69) is 20.8 Å². The van der Waals surface area contributed by atoms with E-state index in [1.807, 2.05) is 38.1 Å². The quantitative estimate of drug-likeness (QED) is 0.523. The van der Waals surface area contributed by atoms with Crippen molar-refractivity contribution in [1.29, 1.82) is 0 Å². The molecule has 1 unspecified atom stereocenters. The number of urea groups is 1.